The van der Waals surface area contributed by atoms with Crippen LogP contribution in [-0.4, -0.2) is 15.8 Å². The van der Waals surface area contributed by atoms with Crippen molar-refractivity contribution in [3.63, 3.8) is 0 Å². The molecule has 16 heavy (non-hydrogen) atoms. The number of fused-ring (bicyclic) bond motifs is 1. The van der Waals surface area contributed by atoms with Gasteiger partial charge in [-0.15, -0.1) is 0 Å². The van der Waals surface area contributed by atoms with Crippen molar-refractivity contribution < 1.29 is 14.4 Å². The van der Waals surface area contributed by atoms with Crippen LogP contribution in [0.4, 0.5) is 0 Å². The van der Waals surface area contributed by atoms with E-state index in [1.54, 1.807) is 12.1 Å². The fraction of sp³-hybridized carbons (Fsp3) is 0.273. The zero-order valence-electron chi connectivity index (χ0n) is 8.93. The molecule has 0 spiro atoms. The number of carboxylic acid groups (broad SMARTS) is 1. The smallest absolute Gasteiger partial charge is 0.366 e. The van der Waals surface area contributed by atoms with Gasteiger partial charge in [0.25, 0.3) is 0 Å². The molecule has 2 aromatic rings. The van der Waals surface area contributed by atoms with Crippen LogP contribution in [0.25, 0.3) is 10.9 Å². The number of aromatic nitrogens is 1. The highest BCUT2D eigenvalue weighted by Crippen LogP contribution is 2.19. The van der Waals surface area contributed by atoms with Crippen LogP contribution >= 0.6 is 0 Å². The molecule has 0 atom stereocenters. The molecule has 0 amide bonds. The summed E-state index contributed by atoms with van der Waals surface area (Å²) in [4.78, 5) is 22.5. The van der Waals surface area contributed by atoms with Gasteiger partial charge in [0, 0.05) is 0 Å². The Kier molecular flexibility index (Phi) is 2.30. The Bertz CT molecular complexity index is 606. The molecule has 0 unspecified atom stereocenters. The summed E-state index contributed by atoms with van der Waals surface area (Å²) < 4.78 is 6.44. The standard InChI is InChI=1S/C11H11NO4/c1-6(2)12-8-5-3-4-7(10(13)14)9(8)11(15)16-12/h3-6H,1-2H3,(H,13,14). The van der Waals surface area contributed by atoms with Crippen molar-refractivity contribution in [1.29, 1.82) is 0 Å². The quantitative estimate of drug-likeness (QED) is 0.840. The molecule has 0 saturated carbocycles. The van der Waals surface area contributed by atoms with Gasteiger partial charge in [-0.25, -0.2) is 14.3 Å². The highest BCUT2D eigenvalue weighted by atomic mass is 16.5. The summed E-state index contributed by atoms with van der Waals surface area (Å²) in [6, 6.07) is 4.63. The average molecular weight is 221 g/mol. The van der Waals surface area contributed by atoms with E-state index in [1.165, 1.54) is 10.8 Å². The molecule has 0 aliphatic carbocycles. The van der Waals surface area contributed by atoms with Crippen molar-refractivity contribution in [2.75, 3.05) is 0 Å². The zero-order valence-corrected chi connectivity index (χ0v) is 8.93. The Labute approximate surface area is 90.9 Å². The third-order valence-electron chi connectivity index (χ3n) is 2.36. The number of benzene rings is 1. The molecule has 1 aromatic heterocycles. The van der Waals surface area contributed by atoms with Crippen molar-refractivity contribution in [2.24, 2.45) is 0 Å². The Morgan fingerprint density at radius 1 is 1.44 bits per heavy atom. The molecule has 0 fully saturated rings. The largest absolute Gasteiger partial charge is 0.478 e. The highest BCUT2D eigenvalue weighted by Gasteiger charge is 2.18. The molecule has 0 bridgehead atoms. The Morgan fingerprint density at radius 3 is 2.69 bits per heavy atom. The fourth-order valence-electron chi connectivity index (χ4n) is 1.68. The van der Waals surface area contributed by atoms with Gasteiger partial charge in [0.05, 0.1) is 17.1 Å². The lowest BCUT2D eigenvalue weighted by atomic mass is 10.1. The summed E-state index contributed by atoms with van der Waals surface area (Å²) in [5.41, 5.74) is -0.118. The number of rotatable bonds is 2. The van der Waals surface area contributed by atoms with Crippen molar-refractivity contribution in [3.8, 4) is 0 Å². The molecule has 0 radical (unpaired) electrons. The molecule has 0 aliphatic rings. The number of hydrogen-bond acceptors (Lipinski definition) is 3. The lowest BCUT2D eigenvalue weighted by molar-refractivity contribution is 0.0699. The third kappa shape index (κ3) is 1.41. The van der Waals surface area contributed by atoms with Crippen molar-refractivity contribution in [3.05, 3.63) is 34.2 Å². The van der Waals surface area contributed by atoms with Crippen LogP contribution < -0.4 is 5.63 Å². The van der Waals surface area contributed by atoms with Crippen LogP contribution in [0.3, 0.4) is 0 Å². The zero-order chi connectivity index (χ0) is 11.9. The summed E-state index contributed by atoms with van der Waals surface area (Å²) in [6.45, 7) is 3.71. The van der Waals surface area contributed by atoms with E-state index in [0.717, 1.165) is 0 Å². The highest BCUT2D eigenvalue weighted by molar-refractivity contribution is 6.02. The average Bonchev–Trinajstić information content (AvgIpc) is 2.56. The number of aromatic carboxylic acids is 1. The Hall–Kier alpha value is -2.04. The number of hydrogen-bond donors (Lipinski definition) is 1. The number of carbonyl (C=O) groups is 1. The molecule has 1 heterocycles. The van der Waals surface area contributed by atoms with E-state index in [4.69, 9.17) is 9.63 Å². The minimum Gasteiger partial charge on any atom is -0.478 e. The molecular weight excluding hydrogens is 210 g/mol. The molecular formula is C11H11NO4. The van der Waals surface area contributed by atoms with Gasteiger partial charge in [0.2, 0.25) is 0 Å². The minimum atomic E-state index is -1.13. The molecule has 0 saturated heterocycles. The maximum Gasteiger partial charge on any atom is 0.366 e. The minimum absolute atomic E-state index is 0.0225. The van der Waals surface area contributed by atoms with Gasteiger partial charge < -0.3 is 9.63 Å². The first kappa shape index (κ1) is 10.5. The normalized spacial score (nSPS) is 11.2. The number of nitrogens with zero attached hydrogens (tertiary/aromatic N) is 1. The van der Waals surface area contributed by atoms with Crippen LogP contribution in [0, 0.1) is 0 Å². The molecule has 5 heteroatoms. The van der Waals surface area contributed by atoms with E-state index in [1.807, 2.05) is 13.8 Å². The molecule has 1 N–H and O–H groups in total. The van der Waals surface area contributed by atoms with Crippen LogP contribution in [0.1, 0.15) is 30.2 Å². The van der Waals surface area contributed by atoms with Crippen molar-refractivity contribution >= 4 is 16.9 Å². The van der Waals surface area contributed by atoms with Gasteiger partial charge in [-0.2, -0.15) is 0 Å². The SMILES string of the molecule is CC(C)n1oc(=O)c2c(C(=O)O)cccc21. The first-order valence-corrected chi connectivity index (χ1v) is 4.90. The van der Waals surface area contributed by atoms with Gasteiger partial charge >= 0.3 is 11.6 Å². The van der Waals surface area contributed by atoms with Gasteiger partial charge in [-0.05, 0) is 26.0 Å². The second-order valence-electron chi connectivity index (χ2n) is 3.80. The van der Waals surface area contributed by atoms with E-state index >= 15 is 0 Å². The maximum absolute atomic E-state index is 11.6. The van der Waals surface area contributed by atoms with Gasteiger partial charge in [-0.1, -0.05) is 6.07 Å². The monoisotopic (exact) mass is 221 g/mol. The van der Waals surface area contributed by atoms with E-state index < -0.39 is 11.6 Å². The lowest BCUT2D eigenvalue weighted by Crippen LogP contribution is -2.02. The van der Waals surface area contributed by atoms with Crippen LogP contribution in [-0.2, 0) is 0 Å². The van der Waals surface area contributed by atoms with E-state index in [-0.39, 0.29) is 17.0 Å². The van der Waals surface area contributed by atoms with Crippen molar-refractivity contribution in [1.82, 2.24) is 4.74 Å². The molecule has 2 rings (SSSR count). The topological polar surface area (TPSA) is 72.4 Å². The Balaban J connectivity index is 2.90. The summed E-state index contributed by atoms with van der Waals surface area (Å²) in [7, 11) is 0. The summed E-state index contributed by atoms with van der Waals surface area (Å²) >= 11 is 0. The van der Waals surface area contributed by atoms with Crippen molar-refractivity contribution in [2.45, 2.75) is 19.9 Å². The molecule has 0 aliphatic heterocycles. The van der Waals surface area contributed by atoms with Crippen LogP contribution in [0.15, 0.2) is 27.5 Å². The van der Waals surface area contributed by atoms with Crippen LogP contribution in [0.2, 0.25) is 0 Å². The predicted molar refractivity (Wildman–Crippen MR) is 57.8 cm³/mol. The predicted octanol–water partition coefficient (Wildman–Crippen LogP) is 1.87. The summed E-state index contributed by atoms with van der Waals surface area (Å²) in [6.07, 6.45) is 0. The molecule has 5 nitrogen and oxygen atoms in total. The van der Waals surface area contributed by atoms with E-state index in [2.05, 4.69) is 0 Å². The third-order valence-corrected chi connectivity index (χ3v) is 2.36. The van der Waals surface area contributed by atoms with E-state index in [0.29, 0.717) is 5.52 Å². The number of carboxylic acids is 1. The van der Waals surface area contributed by atoms with Gasteiger partial charge in [0.1, 0.15) is 5.39 Å². The first-order chi connectivity index (χ1) is 7.52. The van der Waals surface area contributed by atoms with Crippen LogP contribution in [0.5, 0.6) is 0 Å². The fourth-order valence-corrected chi connectivity index (χ4v) is 1.68. The second-order valence-corrected chi connectivity index (χ2v) is 3.80. The second kappa shape index (κ2) is 3.52. The lowest BCUT2D eigenvalue weighted by Gasteiger charge is -2.05. The van der Waals surface area contributed by atoms with E-state index in [9.17, 15) is 9.59 Å². The first-order valence-electron chi connectivity index (χ1n) is 4.90. The summed E-state index contributed by atoms with van der Waals surface area (Å²) in [5.74, 6) is -1.13. The maximum atomic E-state index is 11.6. The van der Waals surface area contributed by atoms with Gasteiger partial charge in [-0.3, -0.25) is 0 Å². The summed E-state index contributed by atoms with van der Waals surface area (Å²) in [5, 5.41) is 9.09. The molecule has 1 aromatic carbocycles. The molecule has 84 valence electrons. The van der Waals surface area contributed by atoms with Gasteiger partial charge in [0.15, 0.2) is 0 Å². The Morgan fingerprint density at radius 2 is 2.12 bits per heavy atom.